The van der Waals surface area contributed by atoms with Crippen LogP contribution in [0.2, 0.25) is 0 Å². The van der Waals surface area contributed by atoms with Crippen molar-refractivity contribution in [1.82, 2.24) is 4.90 Å². The van der Waals surface area contributed by atoms with Gasteiger partial charge in [0.05, 0.1) is 17.6 Å². The molecule has 4 nitrogen and oxygen atoms in total. The molecule has 0 aromatic carbocycles. The van der Waals surface area contributed by atoms with Crippen molar-refractivity contribution in [2.45, 2.75) is 52.1 Å². The number of hydrogen-bond acceptors (Lipinski definition) is 4. The Balaban J connectivity index is 2.08. The molecule has 0 unspecified atom stereocenters. The summed E-state index contributed by atoms with van der Waals surface area (Å²) in [6.07, 6.45) is 5.36. The van der Waals surface area contributed by atoms with Gasteiger partial charge in [-0.2, -0.15) is 5.26 Å². The lowest BCUT2D eigenvalue weighted by atomic mass is 9.89. The Morgan fingerprint density at radius 3 is 2.58 bits per heavy atom. The Kier molecular flexibility index (Phi) is 7.37. The lowest BCUT2D eigenvalue weighted by Crippen LogP contribution is -2.38. The van der Waals surface area contributed by atoms with Gasteiger partial charge in [-0.3, -0.25) is 0 Å². The normalized spacial score (nSPS) is 18.4. The molecule has 0 radical (unpaired) electrons. The fraction of sp³-hybridized carbons (Fsp3) is 0.933. The molecule has 1 rings (SSSR count). The van der Waals surface area contributed by atoms with Crippen LogP contribution in [-0.4, -0.2) is 49.0 Å². The highest BCUT2D eigenvalue weighted by atomic mass is 16.5. The maximum atomic E-state index is 8.97. The monoisotopic (exact) mass is 268 g/mol. The molecule has 19 heavy (non-hydrogen) atoms. The third kappa shape index (κ3) is 6.91. The third-order valence-corrected chi connectivity index (χ3v) is 3.77. The Morgan fingerprint density at radius 1 is 1.32 bits per heavy atom. The Morgan fingerprint density at radius 2 is 2.00 bits per heavy atom. The summed E-state index contributed by atoms with van der Waals surface area (Å²) in [7, 11) is 0. The van der Waals surface area contributed by atoms with E-state index >= 15 is 0 Å². The standard InChI is InChI=1S/C15H28N2O2/c1-15(2,13-16)7-3-8-17-9-5-14(6-10-17)19-12-4-11-18/h14,18H,3-12H2,1-2H3. The number of aliphatic hydroxyl groups excluding tert-OH is 1. The van der Waals surface area contributed by atoms with E-state index in [2.05, 4.69) is 11.0 Å². The summed E-state index contributed by atoms with van der Waals surface area (Å²) in [5.74, 6) is 0. The summed E-state index contributed by atoms with van der Waals surface area (Å²) >= 11 is 0. The summed E-state index contributed by atoms with van der Waals surface area (Å²) < 4.78 is 5.72. The first kappa shape index (κ1) is 16.4. The molecule has 0 amide bonds. The van der Waals surface area contributed by atoms with Gasteiger partial charge in [-0.05, 0) is 52.5 Å². The highest BCUT2D eigenvalue weighted by Crippen LogP contribution is 2.21. The zero-order valence-electron chi connectivity index (χ0n) is 12.4. The van der Waals surface area contributed by atoms with E-state index in [0.717, 1.165) is 51.7 Å². The van der Waals surface area contributed by atoms with Gasteiger partial charge in [0, 0.05) is 26.3 Å². The Hall–Kier alpha value is -0.630. The van der Waals surface area contributed by atoms with Crippen LogP contribution in [0.4, 0.5) is 0 Å². The van der Waals surface area contributed by atoms with Gasteiger partial charge in [-0.1, -0.05) is 0 Å². The number of likely N-dealkylation sites (tertiary alicyclic amines) is 1. The van der Waals surface area contributed by atoms with E-state index < -0.39 is 0 Å². The highest BCUT2D eigenvalue weighted by Gasteiger charge is 2.21. The van der Waals surface area contributed by atoms with Crippen LogP contribution in [0.5, 0.6) is 0 Å². The number of rotatable bonds is 8. The Bertz CT molecular complexity index is 278. The second kappa shape index (κ2) is 8.52. The van der Waals surface area contributed by atoms with Gasteiger partial charge in [0.1, 0.15) is 0 Å². The first-order valence-corrected chi connectivity index (χ1v) is 7.43. The minimum absolute atomic E-state index is 0.189. The number of hydrogen-bond donors (Lipinski definition) is 1. The van der Waals surface area contributed by atoms with Crippen LogP contribution in [0.15, 0.2) is 0 Å². The molecule has 110 valence electrons. The van der Waals surface area contributed by atoms with Crippen molar-refractivity contribution in [3.63, 3.8) is 0 Å². The van der Waals surface area contributed by atoms with Crippen molar-refractivity contribution in [2.24, 2.45) is 5.41 Å². The minimum atomic E-state index is -0.189. The molecule has 0 atom stereocenters. The fourth-order valence-corrected chi connectivity index (χ4v) is 2.41. The first-order chi connectivity index (χ1) is 9.07. The van der Waals surface area contributed by atoms with E-state index in [4.69, 9.17) is 15.1 Å². The van der Waals surface area contributed by atoms with Crippen molar-refractivity contribution in [3.8, 4) is 6.07 Å². The quantitative estimate of drug-likeness (QED) is 0.686. The molecule has 1 saturated heterocycles. The average molecular weight is 268 g/mol. The minimum Gasteiger partial charge on any atom is -0.396 e. The molecule has 0 saturated carbocycles. The van der Waals surface area contributed by atoms with E-state index in [-0.39, 0.29) is 12.0 Å². The van der Waals surface area contributed by atoms with E-state index in [1.165, 1.54) is 0 Å². The average Bonchev–Trinajstić information content (AvgIpc) is 2.41. The van der Waals surface area contributed by atoms with Crippen LogP contribution in [0, 0.1) is 16.7 Å². The molecular weight excluding hydrogens is 240 g/mol. The van der Waals surface area contributed by atoms with Crippen LogP contribution in [-0.2, 0) is 4.74 Å². The van der Waals surface area contributed by atoms with Gasteiger partial charge < -0.3 is 14.7 Å². The maximum Gasteiger partial charge on any atom is 0.0683 e. The van der Waals surface area contributed by atoms with Crippen molar-refractivity contribution in [3.05, 3.63) is 0 Å². The largest absolute Gasteiger partial charge is 0.396 e. The topological polar surface area (TPSA) is 56.5 Å². The van der Waals surface area contributed by atoms with Gasteiger partial charge in [0.15, 0.2) is 0 Å². The Labute approximate surface area is 117 Å². The number of ether oxygens (including phenoxy) is 1. The fourth-order valence-electron chi connectivity index (χ4n) is 2.41. The summed E-state index contributed by atoms with van der Waals surface area (Å²) in [4.78, 5) is 2.47. The summed E-state index contributed by atoms with van der Waals surface area (Å²) in [5.41, 5.74) is -0.189. The number of aliphatic hydroxyl groups is 1. The second-order valence-electron chi connectivity index (χ2n) is 6.09. The molecule has 0 aliphatic carbocycles. The van der Waals surface area contributed by atoms with Crippen molar-refractivity contribution < 1.29 is 9.84 Å². The predicted octanol–water partition coefficient (Wildman–Crippen LogP) is 2.18. The molecule has 1 aliphatic rings. The highest BCUT2D eigenvalue weighted by molar-refractivity contribution is 4.91. The number of piperidine rings is 1. The molecule has 1 fully saturated rings. The van der Waals surface area contributed by atoms with Gasteiger partial charge in [-0.15, -0.1) is 0 Å². The van der Waals surface area contributed by atoms with E-state index in [0.29, 0.717) is 12.7 Å². The molecule has 0 spiro atoms. The molecule has 0 aromatic heterocycles. The SMILES string of the molecule is CC(C)(C#N)CCCN1CCC(OCCCO)CC1. The third-order valence-electron chi connectivity index (χ3n) is 3.77. The van der Waals surface area contributed by atoms with Gasteiger partial charge in [0.2, 0.25) is 0 Å². The molecule has 0 bridgehead atoms. The molecule has 1 heterocycles. The molecular formula is C15H28N2O2. The van der Waals surface area contributed by atoms with Crippen LogP contribution >= 0.6 is 0 Å². The predicted molar refractivity (Wildman–Crippen MR) is 75.7 cm³/mol. The smallest absolute Gasteiger partial charge is 0.0683 e. The molecule has 1 aliphatic heterocycles. The van der Waals surface area contributed by atoms with Gasteiger partial charge in [-0.25, -0.2) is 0 Å². The van der Waals surface area contributed by atoms with Crippen LogP contribution < -0.4 is 0 Å². The van der Waals surface area contributed by atoms with Crippen molar-refractivity contribution >= 4 is 0 Å². The van der Waals surface area contributed by atoms with Crippen molar-refractivity contribution in [2.75, 3.05) is 32.8 Å². The van der Waals surface area contributed by atoms with E-state index in [9.17, 15) is 0 Å². The zero-order chi connectivity index (χ0) is 14.1. The molecule has 1 N–H and O–H groups in total. The number of nitriles is 1. The van der Waals surface area contributed by atoms with Crippen LogP contribution in [0.3, 0.4) is 0 Å². The number of nitrogens with zero attached hydrogens (tertiary/aromatic N) is 2. The lowest BCUT2D eigenvalue weighted by Gasteiger charge is -2.32. The second-order valence-corrected chi connectivity index (χ2v) is 6.09. The van der Waals surface area contributed by atoms with E-state index in [1.54, 1.807) is 0 Å². The zero-order valence-corrected chi connectivity index (χ0v) is 12.4. The van der Waals surface area contributed by atoms with Crippen molar-refractivity contribution in [1.29, 1.82) is 5.26 Å². The van der Waals surface area contributed by atoms with Crippen LogP contribution in [0.25, 0.3) is 0 Å². The van der Waals surface area contributed by atoms with Gasteiger partial charge >= 0.3 is 0 Å². The first-order valence-electron chi connectivity index (χ1n) is 7.43. The lowest BCUT2D eigenvalue weighted by molar-refractivity contribution is 0.00184. The molecule has 0 aromatic rings. The van der Waals surface area contributed by atoms with Crippen LogP contribution in [0.1, 0.15) is 46.0 Å². The maximum absolute atomic E-state index is 8.97. The summed E-state index contributed by atoms with van der Waals surface area (Å²) in [6.45, 7) is 8.19. The summed E-state index contributed by atoms with van der Waals surface area (Å²) in [6, 6.07) is 2.36. The van der Waals surface area contributed by atoms with E-state index in [1.807, 2.05) is 13.8 Å². The molecule has 4 heteroatoms. The summed E-state index contributed by atoms with van der Waals surface area (Å²) in [5, 5.41) is 17.7. The van der Waals surface area contributed by atoms with Gasteiger partial charge in [0.25, 0.3) is 0 Å².